The molecule has 0 aliphatic rings. The van der Waals surface area contributed by atoms with Gasteiger partial charge in [0.05, 0.1) is 5.97 Å². The number of hydrogen-bond donors (Lipinski definition) is 0. The normalized spacial score (nSPS) is 11.5. The van der Waals surface area contributed by atoms with Crippen molar-refractivity contribution in [1.82, 2.24) is 0 Å². The first-order valence-electron chi connectivity index (χ1n) is 11.2. The first-order valence-corrected chi connectivity index (χ1v) is 11.2. The van der Waals surface area contributed by atoms with E-state index in [-0.39, 0.29) is 29.6 Å². The Labute approximate surface area is 204 Å². The van der Waals surface area contributed by atoms with Crippen LogP contribution in [0.1, 0.15) is 77.6 Å². The molecule has 158 valence electrons. The molecule has 0 aromatic heterocycles. The largest absolute Gasteiger partial charge is 1.00 e. The smallest absolute Gasteiger partial charge is 0.546 e. The summed E-state index contributed by atoms with van der Waals surface area (Å²) in [6.45, 7) is 2.24. The van der Waals surface area contributed by atoms with Crippen molar-refractivity contribution < 1.29 is 44.2 Å². The average Bonchev–Trinajstić information content (AvgIpc) is 2.75. The zero-order chi connectivity index (χ0) is 20.7. The number of unbranched alkanes of at least 4 members (excludes halogenated alkanes) is 9. The van der Waals surface area contributed by atoms with Crippen LogP contribution in [-0.2, 0) is 4.79 Å². The Kier molecular flexibility index (Phi) is 14.6. The molecule has 2 aromatic carbocycles. The second-order valence-electron chi connectivity index (χ2n) is 7.76. The summed E-state index contributed by atoms with van der Waals surface area (Å²) in [4.78, 5) is 11.6. The van der Waals surface area contributed by atoms with Gasteiger partial charge in [-0.2, -0.15) is 0 Å². The predicted octanol–water partition coefficient (Wildman–Crippen LogP) is 3.17. The van der Waals surface area contributed by atoms with Crippen LogP contribution in [0, 0.1) is 0 Å². The minimum atomic E-state index is -1.14. The maximum absolute atomic E-state index is 11.6. The molecule has 0 aliphatic heterocycles. The molecule has 1 unspecified atom stereocenters. The number of ether oxygens (including phenoxy) is 1. The first-order chi connectivity index (χ1) is 14.2. The van der Waals surface area contributed by atoms with Gasteiger partial charge in [-0.25, -0.2) is 0 Å². The van der Waals surface area contributed by atoms with Gasteiger partial charge in [0.25, 0.3) is 0 Å². The van der Waals surface area contributed by atoms with E-state index in [9.17, 15) is 9.90 Å². The van der Waals surface area contributed by atoms with Crippen LogP contribution >= 0.6 is 0 Å². The molecule has 0 spiro atoms. The number of carbonyl (C=O) groups is 1. The van der Waals surface area contributed by atoms with Crippen molar-refractivity contribution in [2.45, 2.75) is 83.7 Å². The van der Waals surface area contributed by atoms with Gasteiger partial charge in [-0.3, -0.25) is 0 Å². The summed E-state index contributed by atoms with van der Waals surface area (Å²) in [6.07, 6.45) is 11.8. The van der Waals surface area contributed by atoms with Crippen LogP contribution in [0.5, 0.6) is 5.75 Å². The van der Waals surface area contributed by atoms with Crippen LogP contribution < -0.4 is 39.4 Å². The van der Waals surface area contributed by atoms with Crippen molar-refractivity contribution in [2.24, 2.45) is 0 Å². The van der Waals surface area contributed by atoms with Crippen molar-refractivity contribution in [3.63, 3.8) is 0 Å². The average molecular weight is 419 g/mol. The Hall–Kier alpha value is -1.29. The van der Waals surface area contributed by atoms with Crippen molar-refractivity contribution in [1.29, 1.82) is 0 Å². The van der Waals surface area contributed by atoms with Gasteiger partial charge >= 0.3 is 29.6 Å². The molecule has 30 heavy (non-hydrogen) atoms. The van der Waals surface area contributed by atoms with Gasteiger partial charge in [0.15, 0.2) is 0 Å². The van der Waals surface area contributed by atoms with Crippen LogP contribution in [0.2, 0.25) is 0 Å². The SMILES string of the molecule is CCCCCCCCCCCCC(Oc1ccccc1-c1ccccc1)C(=O)[O-].[Na+]. The van der Waals surface area contributed by atoms with Crippen LogP contribution in [0.3, 0.4) is 0 Å². The Morgan fingerprint density at radius 3 is 1.93 bits per heavy atom. The third-order valence-corrected chi connectivity index (χ3v) is 5.32. The second kappa shape index (κ2) is 16.4. The summed E-state index contributed by atoms with van der Waals surface area (Å²) in [7, 11) is 0. The molecule has 0 radical (unpaired) electrons. The molecular formula is C26H35NaO3. The minimum absolute atomic E-state index is 0. The van der Waals surface area contributed by atoms with E-state index in [0.29, 0.717) is 12.2 Å². The van der Waals surface area contributed by atoms with Crippen molar-refractivity contribution in [3.05, 3.63) is 54.6 Å². The second-order valence-corrected chi connectivity index (χ2v) is 7.76. The van der Waals surface area contributed by atoms with E-state index in [2.05, 4.69) is 6.92 Å². The van der Waals surface area contributed by atoms with Gasteiger partial charge < -0.3 is 14.6 Å². The molecule has 0 amide bonds. The predicted molar refractivity (Wildman–Crippen MR) is 118 cm³/mol. The van der Waals surface area contributed by atoms with Crippen molar-refractivity contribution >= 4 is 5.97 Å². The van der Waals surface area contributed by atoms with Gasteiger partial charge in [0.2, 0.25) is 0 Å². The Morgan fingerprint density at radius 1 is 0.800 bits per heavy atom. The minimum Gasteiger partial charge on any atom is -0.546 e. The monoisotopic (exact) mass is 418 g/mol. The third kappa shape index (κ3) is 10.1. The van der Waals surface area contributed by atoms with E-state index < -0.39 is 12.1 Å². The summed E-state index contributed by atoms with van der Waals surface area (Å²) < 4.78 is 5.88. The summed E-state index contributed by atoms with van der Waals surface area (Å²) in [6, 6.07) is 17.5. The summed E-state index contributed by atoms with van der Waals surface area (Å²) in [5, 5.41) is 11.6. The molecule has 0 bridgehead atoms. The topological polar surface area (TPSA) is 49.4 Å². The maximum atomic E-state index is 11.6. The number of carboxylic acid groups (broad SMARTS) is 1. The fraction of sp³-hybridized carbons (Fsp3) is 0.500. The molecular weight excluding hydrogens is 383 g/mol. The van der Waals surface area contributed by atoms with Gasteiger partial charge in [0, 0.05) is 5.56 Å². The molecule has 3 nitrogen and oxygen atoms in total. The maximum Gasteiger partial charge on any atom is 1.00 e. The zero-order valence-electron chi connectivity index (χ0n) is 18.8. The first kappa shape index (κ1) is 26.7. The quantitative estimate of drug-likeness (QED) is 0.330. The summed E-state index contributed by atoms with van der Waals surface area (Å²) in [5.74, 6) is -0.538. The molecule has 0 N–H and O–H groups in total. The fourth-order valence-corrected chi connectivity index (χ4v) is 3.62. The molecule has 1 atom stereocenters. The Balaban J connectivity index is 0.00000450. The standard InChI is InChI=1S/C26H36O3.Na/c1-2-3-4-5-6-7-8-9-10-14-21-25(26(27)28)29-24-20-16-15-19-23(24)22-17-12-11-13-18-22;/h11-13,15-20,25H,2-10,14,21H2,1H3,(H,27,28);/q;+1/p-1. The Bertz CT molecular complexity index is 702. The number of benzene rings is 2. The Morgan fingerprint density at radius 2 is 1.33 bits per heavy atom. The van der Waals surface area contributed by atoms with E-state index in [1.165, 1.54) is 44.9 Å². The van der Waals surface area contributed by atoms with E-state index in [1.54, 1.807) is 0 Å². The number of carboxylic acids is 1. The number of para-hydroxylation sites is 1. The number of rotatable bonds is 15. The van der Waals surface area contributed by atoms with Crippen LogP contribution in [0.4, 0.5) is 0 Å². The molecule has 0 saturated carbocycles. The molecule has 0 fully saturated rings. The van der Waals surface area contributed by atoms with Crippen LogP contribution in [0.15, 0.2) is 54.6 Å². The van der Waals surface area contributed by atoms with E-state index in [1.807, 2.05) is 54.6 Å². The van der Waals surface area contributed by atoms with E-state index >= 15 is 0 Å². The molecule has 2 rings (SSSR count). The molecule has 4 heteroatoms. The summed E-state index contributed by atoms with van der Waals surface area (Å²) >= 11 is 0. The van der Waals surface area contributed by atoms with E-state index in [0.717, 1.165) is 30.4 Å². The zero-order valence-corrected chi connectivity index (χ0v) is 20.8. The van der Waals surface area contributed by atoms with Crippen molar-refractivity contribution in [3.8, 4) is 16.9 Å². The van der Waals surface area contributed by atoms with Gasteiger partial charge in [-0.05, 0) is 24.5 Å². The molecule has 2 aromatic rings. The van der Waals surface area contributed by atoms with Crippen LogP contribution in [0.25, 0.3) is 11.1 Å². The fourth-order valence-electron chi connectivity index (χ4n) is 3.62. The number of carbonyl (C=O) groups excluding carboxylic acids is 1. The molecule has 0 saturated heterocycles. The van der Waals surface area contributed by atoms with Crippen LogP contribution in [-0.4, -0.2) is 12.1 Å². The van der Waals surface area contributed by atoms with Gasteiger partial charge in [-0.1, -0.05) is 113 Å². The van der Waals surface area contributed by atoms with Crippen molar-refractivity contribution in [2.75, 3.05) is 0 Å². The number of hydrogen-bond acceptors (Lipinski definition) is 3. The van der Waals surface area contributed by atoms with Gasteiger partial charge in [0.1, 0.15) is 11.9 Å². The molecule has 0 aliphatic carbocycles. The number of aliphatic carboxylic acids is 1. The third-order valence-electron chi connectivity index (χ3n) is 5.32. The van der Waals surface area contributed by atoms with Gasteiger partial charge in [-0.15, -0.1) is 0 Å². The molecule has 0 heterocycles. The summed E-state index contributed by atoms with van der Waals surface area (Å²) in [5.41, 5.74) is 1.92. The van der Waals surface area contributed by atoms with E-state index in [4.69, 9.17) is 4.74 Å².